The monoisotopic (exact) mass is 264 g/mol. The van der Waals surface area contributed by atoms with Crippen LogP contribution in [0.15, 0.2) is 30.5 Å². The fourth-order valence-corrected chi connectivity index (χ4v) is 2.01. The summed E-state index contributed by atoms with van der Waals surface area (Å²) in [4.78, 5) is 11.0. The van der Waals surface area contributed by atoms with E-state index < -0.39 is 5.97 Å². The van der Waals surface area contributed by atoms with Crippen molar-refractivity contribution < 1.29 is 9.90 Å². The number of hydrogen-bond donors (Lipinski definition) is 1. The quantitative estimate of drug-likeness (QED) is 0.922. The van der Waals surface area contributed by atoms with Crippen LogP contribution in [-0.2, 0) is 6.54 Å². The Morgan fingerprint density at radius 1 is 1.44 bits per heavy atom. The lowest BCUT2D eigenvalue weighted by molar-refractivity contribution is 0.0697. The molecule has 2 rings (SSSR count). The molecule has 0 aliphatic rings. The molecule has 1 N–H and O–H groups in total. The minimum Gasteiger partial charge on any atom is -0.478 e. The fraction of sp³-hybridized carbons (Fsp3) is 0.231. The van der Waals surface area contributed by atoms with Crippen molar-refractivity contribution in [1.82, 2.24) is 9.78 Å². The summed E-state index contributed by atoms with van der Waals surface area (Å²) in [6, 6.07) is 6.85. The summed E-state index contributed by atoms with van der Waals surface area (Å²) in [6.45, 7) is 2.86. The van der Waals surface area contributed by atoms with Gasteiger partial charge in [0, 0.05) is 18.3 Å². The first-order valence-corrected chi connectivity index (χ1v) is 6.06. The molecule has 0 amide bonds. The molecule has 0 fully saturated rings. The van der Waals surface area contributed by atoms with Crippen molar-refractivity contribution in [3.8, 4) is 11.3 Å². The summed E-state index contributed by atoms with van der Waals surface area (Å²) >= 11 is 5.85. The predicted molar refractivity (Wildman–Crippen MR) is 69.9 cm³/mol. The Labute approximate surface area is 110 Å². The standard InChI is InChI=1S/C13H13ClN2O2/c1-2-7-16-12(5-6-15-16)9-3-4-11(14)10(8-9)13(17)18/h3-6,8H,2,7H2,1H3,(H,17,18). The van der Waals surface area contributed by atoms with E-state index in [1.165, 1.54) is 0 Å². The first-order valence-electron chi connectivity index (χ1n) is 5.68. The molecule has 0 saturated heterocycles. The van der Waals surface area contributed by atoms with Gasteiger partial charge in [-0.1, -0.05) is 24.6 Å². The summed E-state index contributed by atoms with van der Waals surface area (Å²) in [7, 11) is 0. The smallest absolute Gasteiger partial charge is 0.337 e. The van der Waals surface area contributed by atoms with E-state index in [0.29, 0.717) is 0 Å². The van der Waals surface area contributed by atoms with Crippen LogP contribution in [0.1, 0.15) is 23.7 Å². The normalized spacial score (nSPS) is 10.6. The minimum atomic E-state index is -1.02. The van der Waals surface area contributed by atoms with E-state index in [9.17, 15) is 4.79 Å². The van der Waals surface area contributed by atoms with Crippen LogP contribution in [0.5, 0.6) is 0 Å². The molecule has 0 bridgehead atoms. The van der Waals surface area contributed by atoms with E-state index in [-0.39, 0.29) is 10.6 Å². The van der Waals surface area contributed by atoms with Gasteiger partial charge in [0.25, 0.3) is 0 Å². The molecule has 0 radical (unpaired) electrons. The van der Waals surface area contributed by atoms with Crippen molar-refractivity contribution in [2.45, 2.75) is 19.9 Å². The summed E-state index contributed by atoms with van der Waals surface area (Å²) in [5, 5.41) is 13.5. The van der Waals surface area contributed by atoms with Crippen LogP contribution in [0.2, 0.25) is 5.02 Å². The van der Waals surface area contributed by atoms with E-state index in [1.807, 2.05) is 10.7 Å². The highest BCUT2D eigenvalue weighted by Gasteiger charge is 2.12. The van der Waals surface area contributed by atoms with Crippen molar-refractivity contribution in [3.05, 3.63) is 41.0 Å². The zero-order valence-electron chi connectivity index (χ0n) is 9.93. The molecule has 0 spiro atoms. The molecule has 2 aromatic rings. The second kappa shape index (κ2) is 5.23. The number of aromatic carboxylic acids is 1. The second-order valence-electron chi connectivity index (χ2n) is 3.94. The van der Waals surface area contributed by atoms with Crippen LogP contribution < -0.4 is 0 Å². The number of rotatable bonds is 4. The number of benzene rings is 1. The Balaban J connectivity index is 2.47. The van der Waals surface area contributed by atoms with Gasteiger partial charge < -0.3 is 5.11 Å². The Hall–Kier alpha value is -1.81. The third-order valence-electron chi connectivity index (χ3n) is 2.64. The van der Waals surface area contributed by atoms with Gasteiger partial charge in [-0.2, -0.15) is 5.10 Å². The largest absolute Gasteiger partial charge is 0.478 e. The van der Waals surface area contributed by atoms with Crippen molar-refractivity contribution in [2.75, 3.05) is 0 Å². The highest BCUT2D eigenvalue weighted by Crippen LogP contribution is 2.25. The number of aromatic nitrogens is 2. The molecule has 1 heterocycles. The SMILES string of the molecule is CCCn1nccc1-c1ccc(Cl)c(C(=O)O)c1. The molecule has 0 unspecified atom stereocenters. The molecule has 0 aliphatic heterocycles. The summed E-state index contributed by atoms with van der Waals surface area (Å²) in [5.41, 5.74) is 1.82. The van der Waals surface area contributed by atoms with Gasteiger partial charge in [0.1, 0.15) is 0 Å². The zero-order chi connectivity index (χ0) is 13.1. The lowest BCUT2D eigenvalue weighted by Crippen LogP contribution is -2.02. The van der Waals surface area contributed by atoms with Crippen LogP contribution in [0, 0.1) is 0 Å². The average molecular weight is 265 g/mol. The fourth-order valence-electron chi connectivity index (χ4n) is 1.82. The van der Waals surface area contributed by atoms with Crippen LogP contribution in [0.3, 0.4) is 0 Å². The number of halogens is 1. The Bertz CT molecular complexity index is 578. The van der Waals surface area contributed by atoms with Crippen LogP contribution >= 0.6 is 11.6 Å². The molecule has 1 aromatic heterocycles. The van der Waals surface area contributed by atoms with Gasteiger partial charge in [-0.25, -0.2) is 4.79 Å². The van der Waals surface area contributed by atoms with E-state index in [0.717, 1.165) is 24.2 Å². The third-order valence-corrected chi connectivity index (χ3v) is 2.97. The number of carbonyl (C=O) groups is 1. The first kappa shape index (κ1) is 12.6. The molecular formula is C13H13ClN2O2. The van der Waals surface area contributed by atoms with E-state index in [4.69, 9.17) is 16.7 Å². The molecule has 0 saturated carbocycles. The van der Waals surface area contributed by atoms with Crippen molar-refractivity contribution in [1.29, 1.82) is 0 Å². The van der Waals surface area contributed by atoms with Gasteiger partial charge in [-0.3, -0.25) is 4.68 Å². The van der Waals surface area contributed by atoms with Gasteiger partial charge in [0.2, 0.25) is 0 Å². The number of carboxylic acid groups (broad SMARTS) is 1. The first-order chi connectivity index (χ1) is 8.63. The van der Waals surface area contributed by atoms with Gasteiger partial charge in [-0.05, 0) is 24.6 Å². The Kier molecular flexibility index (Phi) is 3.67. The van der Waals surface area contributed by atoms with Crippen LogP contribution in [0.4, 0.5) is 0 Å². The second-order valence-corrected chi connectivity index (χ2v) is 4.35. The Morgan fingerprint density at radius 2 is 2.22 bits per heavy atom. The van der Waals surface area contributed by atoms with Gasteiger partial charge in [0.05, 0.1) is 16.3 Å². The lowest BCUT2D eigenvalue weighted by atomic mass is 10.1. The highest BCUT2D eigenvalue weighted by molar-refractivity contribution is 6.33. The third kappa shape index (κ3) is 2.38. The Morgan fingerprint density at radius 3 is 2.89 bits per heavy atom. The predicted octanol–water partition coefficient (Wildman–Crippen LogP) is 3.31. The summed E-state index contributed by atoms with van der Waals surface area (Å²) in [5.74, 6) is -1.02. The molecule has 5 heteroatoms. The maximum absolute atomic E-state index is 11.0. The van der Waals surface area contributed by atoms with Crippen molar-refractivity contribution >= 4 is 17.6 Å². The highest BCUT2D eigenvalue weighted by atomic mass is 35.5. The van der Waals surface area contributed by atoms with Crippen LogP contribution in [-0.4, -0.2) is 20.9 Å². The molecule has 94 valence electrons. The maximum Gasteiger partial charge on any atom is 0.337 e. The number of nitrogens with zero attached hydrogens (tertiary/aromatic N) is 2. The van der Waals surface area contributed by atoms with Gasteiger partial charge >= 0.3 is 5.97 Å². The van der Waals surface area contributed by atoms with E-state index >= 15 is 0 Å². The molecule has 0 atom stereocenters. The molecular weight excluding hydrogens is 252 g/mol. The van der Waals surface area contributed by atoms with E-state index in [2.05, 4.69) is 12.0 Å². The average Bonchev–Trinajstić information content (AvgIpc) is 2.78. The zero-order valence-corrected chi connectivity index (χ0v) is 10.7. The maximum atomic E-state index is 11.0. The topological polar surface area (TPSA) is 55.1 Å². The van der Waals surface area contributed by atoms with E-state index in [1.54, 1.807) is 24.4 Å². The molecule has 4 nitrogen and oxygen atoms in total. The van der Waals surface area contributed by atoms with Crippen molar-refractivity contribution in [3.63, 3.8) is 0 Å². The number of carboxylic acids is 1. The minimum absolute atomic E-state index is 0.110. The van der Waals surface area contributed by atoms with Gasteiger partial charge in [0.15, 0.2) is 0 Å². The lowest BCUT2D eigenvalue weighted by Gasteiger charge is -2.07. The summed E-state index contributed by atoms with van der Waals surface area (Å²) < 4.78 is 1.86. The van der Waals surface area contributed by atoms with Crippen LogP contribution in [0.25, 0.3) is 11.3 Å². The molecule has 0 aliphatic carbocycles. The molecule has 18 heavy (non-hydrogen) atoms. The van der Waals surface area contributed by atoms with Gasteiger partial charge in [-0.15, -0.1) is 0 Å². The number of hydrogen-bond acceptors (Lipinski definition) is 2. The number of aryl methyl sites for hydroxylation is 1. The summed E-state index contributed by atoms with van der Waals surface area (Å²) in [6.07, 6.45) is 2.67. The van der Waals surface area contributed by atoms with Crippen molar-refractivity contribution in [2.24, 2.45) is 0 Å². The molecule has 1 aromatic carbocycles.